The van der Waals surface area contributed by atoms with E-state index < -0.39 is 25.2 Å². The fraction of sp³-hybridized carbons (Fsp3) is 0.240. The number of pyridine rings is 1. The van der Waals surface area contributed by atoms with Crippen LogP contribution in [0.3, 0.4) is 0 Å². The van der Waals surface area contributed by atoms with E-state index in [2.05, 4.69) is 81.7 Å². The number of nitrogens with zero attached hydrogens (tertiary/aromatic N) is 1. The van der Waals surface area contributed by atoms with Gasteiger partial charge in [0.05, 0.1) is 11.0 Å². The molecule has 0 bridgehead atoms. The van der Waals surface area contributed by atoms with E-state index in [-0.39, 0.29) is 0 Å². The molecule has 1 aliphatic rings. The van der Waals surface area contributed by atoms with Crippen LogP contribution in [0, 0.1) is 0 Å². The predicted octanol–water partition coefficient (Wildman–Crippen LogP) is 6.28. The van der Waals surface area contributed by atoms with E-state index in [4.69, 9.17) is 24.8 Å². The lowest BCUT2D eigenvalue weighted by Gasteiger charge is -2.33. The average molecular weight is 494 g/mol. The van der Waals surface area contributed by atoms with Crippen LogP contribution < -0.4 is 10.4 Å². The van der Waals surface area contributed by atoms with Gasteiger partial charge in [0.15, 0.2) is 0 Å². The van der Waals surface area contributed by atoms with Crippen LogP contribution in [0.25, 0.3) is 32.9 Å². The number of aromatic nitrogens is 1. The zero-order chi connectivity index (χ0) is 22.9. The average Bonchev–Trinajstić information content (AvgIpc) is 2.75. The molecule has 164 valence electrons. The van der Waals surface area contributed by atoms with Crippen LogP contribution in [0.4, 0.5) is 0 Å². The van der Waals surface area contributed by atoms with E-state index in [0.717, 1.165) is 26.8 Å². The van der Waals surface area contributed by atoms with Gasteiger partial charge in [0.1, 0.15) is 0 Å². The normalized spacial score (nSPS) is 19.0. The molecule has 1 aliphatic heterocycles. The second kappa shape index (κ2) is 7.35. The van der Waals surface area contributed by atoms with Crippen LogP contribution in [-0.4, -0.2) is 30.2 Å². The van der Waals surface area contributed by atoms with Crippen molar-refractivity contribution < 1.29 is 8.23 Å². The molecule has 5 rings (SSSR count). The van der Waals surface area contributed by atoms with Crippen LogP contribution in [0.1, 0.15) is 0 Å². The highest BCUT2D eigenvalue weighted by atomic mass is 35.5. The molecule has 0 atom stereocenters. The molecule has 0 spiro atoms. The zero-order valence-corrected chi connectivity index (χ0v) is 23.2. The first-order valence-electron chi connectivity index (χ1n) is 11.0. The van der Waals surface area contributed by atoms with Crippen molar-refractivity contribution in [1.82, 2.24) is 4.98 Å². The standard InChI is InChI=1S/C25H28ClNO2Si3/c1-30(2)23-15-20-22(16-24(23)31(3,4)29-32(5,6)28-30)27-21-13-12-18(26)14-19(21)25(20)17-10-8-7-9-11-17/h7-16H,1-6H3. The molecule has 7 heteroatoms. The number of hydrogen-bond acceptors (Lipinski definition) is 3. The van der Waals surface area contributed by atoms with E-state index in [1.54, 1.807) is 0 Å². The van der Waals surface area contributed by atoms with E-state index >= 15 is 0 Å². The Morgan fingerprint density at radius 1 is 0.688 bits per heavy atom. The summed E-state index contributed by atoms with van der Waals surface area (Å²) in [5.74, 6) is 0. The second-order valence-electron chi connectivity index (χ2n) is 10.1. The molecule has 0 radical (unpaired) electrons. The van der Waals surface area contributed by atoms with E-state index in [0.29, 0.717) is 0 Å². The lowest BCUT2D eigenvalue weighted by molar-refractivity contribution is 0.405. The third kappa shape index (κ3) is 3.69. The molecule has 3 nitrogen and oxygen atoms in total. The Labute approximate surface area is 197 Å². The lowest BCUT2D eigenvalue weighted by atomic mass is 9.96. The van der Waals surface area contributed by atoms with Gasteiger partial charge in [0, 0.05) is 21.4 Å². The van der Waals surface area contributed by atoms with Crippen LogP contribution in [0.15, 0.2) is 60.7 Å². The van der Waals surface area contributed by atoms with Crippen LogP contribution in [0.5, 0.6) is 0 Å². The third-order valence-electron chi connectivity index (χ3n) is 6.24. The molecule has 0 saturated carbocycles. The van der Waals surface area contributed by atoms with Gasteiger partial charge < -0.3 is 8.23 Å². The molecule has 4 aromatic rings. The third-order valence-corrected chi connectivity index (χ3v) is 18.2. The smallest absolute Gasteiger partial charge is 0.311 e. The topological polar surface area (TPSA) is 31.4 Å². The maximum atomic E-state index is 6.80. The molecular formula is C25H28ClNO2Si3. The second-order valence-corrected chi connectivity index (χ2v) is 22.0. The fourth-order valence-electron chi connectivity index (χ4n) is 5.23. The maximum absolute atomic E-state index is 6.80. The Balaban J connectivity index is 1.94. The Hall–Kier alpha value is -1.81. The van der Waals surface area contributed by atoms with Crippen molar-refractivity contribution in [2.24, 2.45) is 0 Å². The van der Waals surface area contributed by atoms with Crippen molar-refractivity contribution >= 4 is 69.0 Å². The highest BCUT2D eigenvalue weighted by Gasteiger charge is 2.48. The molecule has 2 heterocycles. The summed E-state index contributed by atoms with van der Waals surface area (Å²) in [4.78, 5) is 5.09. The molecule has 0 aliphatic carbocycles. The van der Waals surface area contributed by atoms with Gasteiger partial charge in [-0.1, -0.05) is 48.0 Å². The molecule has 0 fully saturated rings. The first-order chi connectivity index (χ1) is 15.0. The van der Waals surface area contributed by atoms with Crippen molar-refractivity contribution in [3.05, 3.63) is 65.7 Å². The SMILES string of the molecule is C[Si]1(C)O[Si](C)(C)c2cc3nc4ccc(Cl)cc4c(-c4ccccc4)c3cc2[Si](C)(C)O1. The predicted molar refractivity (Wildman–Crippen MR) is 144 cm³/mol. The number of benzene rings is 3. The van der Waals surface area contributed by atoms with Crippen molar-refractivity contribution in [1.29, 1.82) is 0 Å². The monoisotopic (exact) mass is 493 g/mol. The van der Waals surface area contributed by atoms with Crippen molar-refractivity contribution in [2.45, 2.75) is 39.3 Å². The van der Waals surface area contributed by atoms with Gasteiger partial charge in [-0.05, 0) is 79.5 Å². The first-order valence-corrected chi connectivity index (χ1v) is 20.0. The molecule has 32 heavy (non-hydrogen) atoms. The van der Waals surface area contributed by atoms with Crippen molar-refractivity contribution in [3.63, 3.8) is 0 Å². The summed E-state index contributed by atoms with van der Waals surface area (Å²) in [5.41, 5.74) is 4.32. The highest BCUT2D eigenvalue weighted by Crippen LogP contribution is 2.36. The van der Waals surface area contributed by atoms with E-state index in [1.165, 1.54) is 21.5 Å². The number of rotatable bonds is 1. The zero-order valence-electron chi connectivity index (χ0n) is 19.4. The van der Waals surface area contributed by atoms with Gasteiger partial charge in [-0.25, -0.2) is 4.98 Å². The Morgan fingerprint density at radius 2 is 1.28 bits per heavy atom. The summed E-state index contributed by atoms with van der Waals surface area (Å²) >= 11 is 6.43. The summed E-state index contributed by atoms with van der Waals surface area (Å²) in [6, 6.07) is 21.2. The molecule has 0 unspecified atom stereocenters. The number of halogens is 1. The summed E-state index contributed by atoms with van der Waals surface area (Å²) in [6.45, 7) is 13.6. The summed E-state index contributed by atoms with van der Waals surface area (Å²) < 4.78 is 13.6. The Kier molecular flexibility index (Phi) is 5.05. The minimum absolute atomic E-state index is 0.721. The summed E-state index contributed by atoms with van der Waals surface area (Å²) in [7, 11) is -6.59. The van der Waals surface area contributed by atoms with Crippen LogP contribution >= 0.6 is 11.6 Å². The summed E-state index contributed by atoms with van der Waals surface area (Å²) in [6.07, 6.45) is 0. The van der Waals surface area contributed by atoms with Crippen LogP contribution in [0.2, 0.25) is 44.3 Å². The van der Waals surface area contributed by atoms with Gasteiger partial charge in [0.2, 0.25) is 16.6 Å². The minimum atomic E-state index is -2.23. The van der Waals surface area contributed by atoms with Crippen molar-refractivity contribution in [3.8, 4) is 11.1 Å². The maximum Gasteiger partial charge on any atom is 0.311 e. The summed E-state index contributed by atoms with van der Waals surface area (Å²) in [5, 5.41) is 5.63. The van der Waals surface area contributed by atoms with Gasteiger partial charge in [-0.2, -0.15) is 0 Å². The van der Waals surface area contributed by atoms with Gasteiger partial charge in [0.25, 0.3) is 0 Å². The van der Waals surface area contributed by atoms with Gasteiger partial charge in [-0.15, -0.1) is 0 Å². The number of fused-ring (bicyclic) bond motifs is 3. The Bertz CT molecular complexity index is 1370. The molecular weight excluding hydrogens is 466 g/mol. The fourth-order valence-corrected chi connectivity index (χ4v) is 20.9. The quantitative estimate of drug-likeness (QED) is 0.231. The minimum Gasteiger partial charge on any atom is -0.433 e. The largest absolute Gasteiger partial charge is 0.433 e. The van der Waals surface area contributed by atoms with E-state index in [9.17, 15) is 0 Å². The van der Waals surface area contributed by atoms with Gasteiger partial charge in [-0.3, -0.25) is 0 Å². The van der Waals surface area contributed by atoms with Crippen LogP contribution in [-0.2, 0) is 8.23 Å². The lowest BCUT2D eigenvalue weighted by Crippen LogP contribution is -2.57. The van der Waals surface area contributed by atoms with E-state index in [1.807, 2.05) is 18.2 Å². The Morgan fingerprint density at radius 3 is 1.94 bits per heavy atom. The number of hydrogen-bond donors (Lipinski definition) is 0. The highest BCUT2D eigenvalue weighted by molar-refractivity contribution is 7.03. The molecule has 1 aromatic heterocycles. The molecule has 0 N–H and O–H groups in total. The molecule has 0 saturated heterocycles. The molecule has 0 amide bonds. The molecule has 3 aromatic carbocycles. The van der Waals surface area contributed by atoms with Crippen molar-refractivity contribution in [2.75, 3.05) is 0 Å². The first kappa shape index (κ1) is 22.0. The van der Waals surface area contributed by atoms with Gasteiger partial charge >= 0.3 is 8.56 Å².